The monoisotopic (exact) mass is 622 g/mol. The molecule has 0 N–H and O–H groups in total. The van der Waals surface area contributed by atoms with Gasteiger partial charge in [0.25, 0.3) is 0 Å². The van der Waals surface area contributed by atoms with Gasteiger partial charge < -0.3 is 19.7 Å². The maximum Gasteiger partial charge on any atom is 2.00 e. The van der Waals surface area contributed by atoms with Crippen LogP contribution in [0.15, 0.2) is 94.9 Å². The van der Waals surface area contributed by atoms with Crippen LogP contribution in [0.1, 0.15) is 22.3 Å². The first-order valence-electron chi connectivity index (χ1n) is 11.6. The summed E-state index contributed by atoms with van der Waals surface area (Å²) < 4.78 is 35.3. The van der Waals surface area contributed by atoms with Gasteiger partial charge in [-0.3, -0.25) is 9.98 Å². The van der Waals surface area contributed by atoms with E-state index < -0.39 is 0 Å². The topological polar surface area (TPSA) is 89.3 Å². The molecule has 0 spiro atoms. The number of methoxy groups -OCH3 is 2. The van der Waals surface area contributed by atoms with Gasteiger partial charge >= 0.3 is 20.4 Å². The molecule has 4 rings (SSSR count). The van der Waals surface area contributed by atoms with Crippen molar-refractivity contribution < 1.29 is 48.9 Å². The molecule has 0 saturated heterocycles. The third-order valence-corrected chi connectivity index (χ3v) is 5.29. The maximum absolute atomic E-state index is 12.7. The molecule has 9 heteroatoms. The summed E-state index contributed by atoms with van der Waals surface area (Å²) in [7, 11) is 2.91. The maximum atomic E-state index is 12.7. The number of aliphatic imine (C=N–C) groups is 2. The Balaban J connectivity index is 0.000000267. The van der Waals surface area contributed by atoms with Crippen molar-refractivity contribution in [3.63, 3.8) is 0 Å². The molecule has 0 amide bonds. The Kier molecular flexibility index (Phi) is 12.8. The average Bonchev–Trinajstić information content (AvgIpc) is 2.93. The summed E-state index contributed by atoms with van der Waals surface area (Å²) in [4.78, 5) is 8.35. The van der Waals surface area contributed by atoms with Crippen molar-refractivity contribution >= 4 is 12.4 Å². The zero-order chi connectivity index (χ0) is 27.3. The van der Waals surface area contributed by atoms with E-state index in [4.69, 9.17) is 9.47 Å². The standard InChI is InChI=1S/2C15H14FNO2.Pd/c2*1-19-14-4-2-3-12(15(14)18)10-17-9-11-5-7-13(16)8-6-11;/h2*2-8,10,18H,9H2,1H3;/q;;+2/p-2. The molecular weight excluding hydrogens is 597 g/mol. The van der Waals surface area contributed by atoms with Gasteiger partial charge in [-0.2, -0.15) is 0 Å². The number of hydrogen-bond acceptors (Lipinski definition) is 6. The van der Waals surface area contributed by atoms with Crippen LogP contribution in [-0.2, 0) is 33.5 Å². The summed E-state index contributed by atoms with van der Waals surface area (Å²) in [5, 5.41) is 23.6. The molecule has 0 aliphatic heterocycles. The summed E-state index contributed by atoms with van der Waals surface area (Å²) in [5.74, 6) is -0.332. The molecule has 0 saturated carbocycles. The first-order valence-corrected chi connectivity index (χ1v) is 11.6. The molecular formula is C30H26F2N2O4Pd. The van der Waals surface area contributed by atoms with Crippen molar-refractivity contribution in [1.82, 2.24) is 0 Å². The van der Waals surface area contributed by atoms with Crippen LogP contribution in [0.5, 0.6) is 23.0 Å². The summed E-state index contributed by atoms with van der Waals surface area (Å²) in [5.41, 5.74) is 2.71. The van der Waals surface area contributed by atoms with Crippen LogP contribution in [0.4, 0.5) is 8.78 Å². The SMILES string of the molecule is COc1cccc(C=NCc2ccc(F)cc2)c1[O-].COc1cccc(C=NCc2ccc(F)cc2)c1[O-].[Pd+2]. The van der Waals surface area contributed by atoms with E-state index >= 15 is 0 Å². The first-order chi connectivity index (χ1) is 18.4. The summed E-state index contributed by atoms with van der Waals surface area (Å²) in [6.07, 6.45) is 3.02. The average molecular weight is 623 g/mol. The van der Waals surface area contributed by atoms with Crippen LogP contribution < -0.4 is 19.7 Å². The van der Waals surface area contributed by atoms with Gasteiger partial charge in [0.15, 0.2) is 0 Å². The molecule has 6 nitrogen and oxygen atoms in total. The van der Waals surface area contributed by atoms with Crippen molar-refractivity contribution in [3.05, 3.63) is 119 Å². The number of para-hydroxylation sites is 2. The van der Waals surface area contributed by atoms with E-state index in [1.807, 2.05) is 0 Å². The Bertz CT molecular complexity index is 1270. The zero-order valence-electron chi connectivity index (χ0n) is 21.3. The summed E-state index contributed by atoms with van der Waals surface area (Å²) in [6, 6.07) is 22.2. The molecule has 39 heavy (non-hydrogen) atoms. The van der Waals surface area contributed by atoms with Crippen LogP contribution in [0.3, 0.4) is 0 Å². The van der Waals surface area contributed by atoms with Gasteiger partial charge in [-0.25, -0.2) is 8.78 Å². The number of ether oxygens (including phenoxy) is 2. The zero-order valence-corrected chi connectivity index (χ0v) is 22.8. The molecule has 0 bridgehead atoms. The fourth-order valence-electron chi connectivity index (χ4n) is 3.27. The molecule has 0 aliphatic carbocycles. The van der Waals surface area contributed by atoms with Gasteiger partial charge in [-0.15, -0.1) is 0 Å². The largest absolute Gasteiger partial charge is 2.00 e. The van der Waals surface area contributed by atoms with E-state index in [1.54, 1.807) is 60.7 Å². The summed E-state index contributed by atoms with van der Waals surface area (Å²) in [6.45, 7) is 0.799. The van der Waals surface area contributed by atoms with Gasteiger partial charge in [0.1, 0.15) is 23.1 Å². The van der Waals surface area contributed by atoms with E-state index in [9.17, 15) is 19.0 Å². The number of benzene rings is 4. The molecule has 4 aromatic rings. The third kappa shape index (κ3) is 9.64. The van der Waals surface area contributed by atoms with E-state index in [0.29, 0.717) is 35.7 Å². The van der Waals surface area contributed by atoms with Crippen molar-refractivity contribution in [3.8, 4) is 23.0 Å². The van der Waals surface area contributed by atoms with Crippen LogP contribution in [0.25, 0.3) is 0 Å². The van der Waals surface area contributed by atoms with Crippen molar-refractivity contribution in [1.29, 1.82) is 0 Å². The smallest absolute Gasteiger partial charge is 0.870 e. The molecule has 204 valence electrons. The van der Waals surface area contributed by atoms with Gasteiger partial charge in [0.2, 0.25) is 0 Å². The molecule has 0 heterocycles. The first kappa shape index (κ1) is 31.2. The second kappa shape index (κ2) is 16.0. The van der Waals surface area contributed by atoms with Crippen LogP contribution in [-0.4, -0.2) is 26.6 Å². The van der Waals surface area contributed by atoms with E-state index in [0.717, 1.165) is 11.1 Å². The summed E-state index contributed by atoms with van der Waals surface area (Å²) >= 11 is 0. The molecule has 0 unspecified atom stereocenters. The second-order valence-corrected chi connectivity index (χ2v) is 7.95. The third-order valence-electron chi connectivity index (χ3n) is 5.29. The van der Waals surface area contributed by atoms with E-state index in [1.165, 1.54) is 50.9 Å². The van der Waals surface area contributed by atoms with E-state index in [-0.39, 0.29) is 43.6 Å². The van der Waals surface area contributed by atoms with Crippen molar-refractivity contribution in [2.75, 3.05) is 14.2 Å². The van der Waals surface area contributed by atoms with E-state index in [2.05, 4.69) is 9.98 Å². The van der Waals surface area contributed by atoms with Crippen molar-refractivity contribution in [2.24, 2.45) is 9.98 Å². The minimum absolute atomic E-state index is 0. The van der Waals surface area contributed by atoms with Crippen LogP contribution >= 0.6 is 0 Å². The normalized spacial score (nSPS) is 10.6. The molecule has 0 fully saturated rings. The van der Waals surface area contributed by atoms with Gasteiger partial charge in [-0.05, 0) is 58.7 Å². The quantitative estimate of drug-likeness (QED) is 0.203. The number of nitrogens with zero attached hydrogens (tertiary/aromatic N) is 2. The van der Waals surface area contributed by atoms with Gasteiger partial charge in [0.05, 0.1) is 27.3 Å². The molecule has 0 aliphatic rings. The number of rotatable bonds is 8. The minimum Gasteiger partial charge on any atom is -0.870 e. The number of halogens is 2. The fourth-order valence-corrected chi connectivity index (χ4v) is 3.27. The number of hydrogen-bond donors (Lipinski definition) is 0. The molecule has 0 atom stereocenters. The predicted molar refractivity (Wildman–Crippen MR) is 140 cm³/mol. The van der Waals surface area contributed by atoms with Gasteiger partial charge in [0, 0.05) is 12.4 Å². The molecule has 0 radical (unpaired) electrons. The molecule has 4 aromatic carbocycles. The minimum atomic E-state index is -0.276. The van der Waals surface area contributed by atoms with Crippen molar-refractivity contribution in [2.45, 2.75) is 13.1 Å². The van der Waals surface area contributed by atoms with Crippen LogP contribution in [0, 0.1) is 11.6 Å². The van der Waals surface area contributed by atoms with Gasteiger partial charge in [-0.1, -0.05) is 60.0 Å². The Morgan fingerprint density at radius 3 is 1.31 bits per heavy atom. The second-order valence-electron chi connectivity index (χ2n) is 7.95. The molecule has 0 aromatic heterocycles. The Morgan fingerprint density at radius 2 is 0.974 bits per heavy atom. The Labute approximate surface area is 240 Å². The Morgan fingerprint density at radius 1 is 0.615 bits per heavy atom. The fraction of sp³-hybridized carbons (Fsp3) is 0.133. The predicted octanol–water partition coefficient (Wildman–Crippen LogP) is 5.05. The van der Waals surface area contributed by atoms with Crippen LogP contribution in [0.2, 0.25) is 0 Å². The Hall–Kier alpha value is -4.06.